The second kappa shape index (κ2) is 6.54. The molecule has 0 aromatic carbocycles. The number of aromatic nitrogens is 2. The molecular weight excluding hydrogens is 340 g/mol. The highest BCUT2D eigenvalue weighted by atomic mass is 35.5. The monoisotopic (exact) mass is 366 g/mol. The molecule has 7 heteroatoms. The molecule has 6 nitrogen and oxygen atoms in total. The minimum absolute atomic E-state index is 0. The third kappa shape index (κ3) is 2.97. The summed E-state index contributed by atoms with van der Waals surface area (Å²) in [6.07, 6.45) is 7.94. The molecule has 5 atom stereocenters. The summed E-state index contributed by atoms with van der Waals surface area (Å²) < 4.78 is 5.41. The Kier molecular flexibility index (Phi) is 4.52. The van der Waals surface area contributed by atoms with Crippen molar-refractivity contribution in [2.24, 2.45) is 23.5 Å². The van der Waals surface area contributed by atoms with Gasteiger partial charge in [0.2, 0.25) is 11.8 Å². The van der Waals surface area contributed by atoms with E-state index < -0.39 is 0 Å². The average Bonchev–Trinajstić information content (AvgIpc) is 3.05. The van der Waals surface area contributed by atoms with Crippen LogP contribution in [0.15, 0.2) is 4.52 Å². The van der Waals surface area contributed by atoms with Crippen LogP contribution in [0.5, 0.6) is 0 Å². The predicted octanol–water partition coefficient (Wildman–Crippen LogP) is 2.45. The van der Waals surface area contributed by atoms with Crippen LogP contribution in [-0.2, 0) is 4.79 Å². The zero-order valence-electron chi connectivity index (χ0n) is 14.5. The Morgan fingerprint density at radius 1 is 1.12 bits per heavy atom. The van der Waals surface area contributed by atoms with Crippen molar-refractivity contribution in [3.05, 3.63) is 11.7 Å². The number of halogens is 1. The zero-order valence-corrected chi connectivity index (χ0v) is 15.3. The molecule has 1 aliphatic heterocycles. The molecule has 4 aliphatic rings. The second-order valence-electron chi connectivity index (χ2n) is 8.32. The summed E-state index contributed by atoms with van der Waals surface area (Å²) in [4.78, 5) is 19.7. The van der Waals surface area contributed by atoms with Crippen LogP contribution in [0.25, 0.3) is 0 Å². The summed E-state index contributed by atoms with van der Waals surface area (Å²) in [5, 5.41) is 4.20. The van der Waals surface area contributed by atoms with Gasteiger partial charge in [-0.1, -0.05) is 5.16 Å². The molecule has 2 heterocycles. The summed E-state index contributed by atoms with van der Waals surface area (Å²) in [7, 11) is 0. The van der Waals surface area contributed by atoms with Crippen LogP contribution in [0.2, 0.25) is 0 Å². The van der Waals surface area contributed by atoms with Gasteiger partial charge in [0.25, 0.3) is 0 Å². The van der Waals surface area contributed by atoms with Gasteiger partial charge in [-0.05, 0) is 56.8 Å². The molecule has 0 spiro atoms. The van der Waals surface area contributed by atoms with E-state index in [0.29, 0.717) is 17.8 Å². The van der Waals surface area contributed by atoms with Crippen LogP contribution < -0.4 is 5.73 Å². The Morgan fingerprint density at radius 3 is 2.64 bits per heavy atom. The van der Waals surface area contributed by atoms with Crippen molar-refractivity contribution in [3.63, 3.8) is 0 Å². The molecular formula is C18H27ClN4O2. The van der Waals surface area contributed by atoms with Gasteiger partial charge in [-0.3, -0.25) is 4.79 Å². The largest absolute Gasteiger partial charge is 0.342 e. The van der Waals surface area contributed by atoms with Gasteiger partial charge in [0.15, 0.2) is 5.82 Å². The summed E-state index contributed by atoms with van der Waals surface area (Å²) in [6, 6.07) is 0.0725. The molecule has 2 bridgehead atoms. The van der Waals surface area contributed by atoms with E-state index >= 15 is 0 Å². The molecule has 25 heavy (non-hydrogen) atoms. The van der Waals surface area contributed by atoms with Crippen LogP contribution in [0.1, 0.15) is 68.5 Å². The van der Waals surface area contributed by atoms with E-state index in [4.69, 9.17) is 10.3 Å². The lowest BCUT2D eigenvalue weighted by Gasteiger charge is -2.36. The fraction of sp³-hybridized carbons (Fsp3) is 0.833. The number of hydrogen-bond acceptors (Lipinski definition) is 5. The van der Waals surface area contributed by atoms with E-state index in [0.717, 1.165) is 44.1 Å². The standard InChI is InChI=1S/C18H26N4O2.ClH/c19-15-12-6-5-11(8-12)14(15)18(23)22-7-1-2-13(9-22)16-20-17(24-21-16)10-3-4-10;/h10-15H,1-9,19H2;1H. The maximum Gasteiger partial charge on any atom is 0.229 e. The maximum atomic E-state index is 13.1. The molecule has 1 aromatic heterocycles. The van der Waals surface area contributed by atoms with Crippen molar-refractivity contribution >= 4 is 18.3 Å². The molecule has 138 valence electrons. The number of nitrogens with zero attached hydrogens (tertiary/aromatic N) is 3. The SMILES string of the molecule is Cl.NC1C2CCC(C2)C1C(=O)N1CCCC(c2noc(C3CC3)n2)C1. The highest BCUT2D eigenvalue weighted by Gasteiger charge is 2.50. The first-order valence-corrected chi connectivity index (χ1v) is 9.58. The number of rotatable bonds is 3. The van der Waals surface area contributed by atoms with Gasteiger partial charge in [0.1, 0.15) is 0 Å². The van der Waals surface area contributed by atoms with Crippen LogP contribution in [0, 0.1) is 17.8 Å². The van der Waals surface area contributed by atoms with Crippen molar-refractivity contribution in [2.45, 2.75) is 62.8 Å². The summed E-state index contributed by atoms with van der Waals surface area (Å²) in [5.74, 6) is 3.72. The number of piperidine rings is 1. The number of nitrogens with two attached hydrogens (primary N) is 1. The van der Waals surface area contributed by atoms with E-state index in [1.54, 1.807) is 0 Å². The zero-order chi connectivity index (χ0) is 16.3. The van der Waals surface area contributed by atoms with E-state index in [2.05, 4.69) is 10.1 Å². The topological polar surface area (TPSA) is 85.3 Å². The molecule has 1 aromatic rings. The van der Waals surface area contributed by atoms with Crippen molar-refractivity contribution in [2.75, 3.05) is 13.1 Å². The molecule has 4 fully saturated rings. The van der Waals surface area contributed by atoms with Crippen molar-refractivity contribution in [1.82, 2.24) is 15.0 Å². The molecule has 3 aliphatic carbocycles. The fourth-order valence-electron chi connectivity index (χ4n) is 5.21. The van der Waals surface area contributed by atoms with Crippen LogP contribution >= 0.6 is 12.4 Å². The van der Waals surface area contributed by atoms with Crippen LogP contribution in [0.3, 0.4) is 0 Å². The molecule has 0 radical (unpaired) electrons. The summed E-state index contributed by atoms with van der Waals surface area (Å²) in [5.41, 5.74) is 6.37. The molecule has 2 N–H and O–H groups in total. The highest BCUT2D eigenvalue weighted by molar-refractivity contribution is 5.85. The van der Waals surface area contributed by atoms with Crippen LogP contribution in [0.4, 0.5) is 0 Å². The molecule has 1 amide bonds. The van der Waals surface area contributed by atoms with Gasteiger partial charge in [-0.25, -0.2) is 0 Å². The number of amides is 1. The quantitative estimate of drug-likeness (QED) is 0.888. The number of carbonyl (C=O) groups is 1. The average molecular weight is 367 g/mol. The Bertz CT molecular complexity index is 645. The third-order valence-corrected chi connectivity index (χ3v) is 6.75. The fourth-order valence-corrected chi connectivity index (χ4v) is 5.21. The molecule has 1 saturated heterocycles. The van der Waals surface area contributed by atoms with E-state index in [9.17, 15) is 4.79 Å². The van der Waals surface area contributed by atoms with Gasteiger partial charge in [0, 0.05) is 31.0 Å². The number of carbonyl (C=O) groups excluding carboxylic acids is 1. The lowest BCUT2D eigenvalue weighted by atomic mass is 9.83. The maximum absolute atomic E-state index is 13.1. The first-order chi connectivity index (χ1) is 11.7. The normalized spacial score (nSPS) is 37.2. The molecule has 3 saturated carbocycles. The van der Waals surface area contributed by atoms with Gasteiger partial charge in [-0.15, -0.1) is 12.4 Å². The lowest BCUT2D eigenvalue weighted by molar-refractivity contribution is -0.139. The minimum atomic E-state index is 0. The second-order valence-corrected chi connectivity index (χ2v) is 8.32. The Hall–Kier alpha value is -1.14. The summed E-state index contributed by atoms with van der Waals surface area (Å²) in [6.45, 7) is 1.58. The first-order valence-electron chi connectivity index (χ1n) is 9.58. The minimum Gasteiger partial charge on any atom is -0.342 e. The van der Waals surface area contributed by atoms with Crippen molar-refractivity contribution < 1.29 is 9.32 Å². The Labute approximate surface area is 154 Å². The van der Waals surface area contributed by atoms with Crippen molar-refractivity contribution in [3.8, 4) is 0 Å². The van der Waals surface area contributed by atoms with E-state index in [-0.39, 0.29) is 36.2 Å². The highest BCUT2D eigenvalue weighted by Crippen LogP contribution is 2.48. The number of fused-ring (bicyclic) bond motifs is 2. The number of hydrogen-bond donors (Lipinski definition) is 1. The van der Waals surface area contributed by atoms with Gasteiger partial charge in [0.05, 0.1) is 5.92 Å². The molecule has 5 unspecified atom stereocenters. The lowest BCUT2D eigenvalue weighted by Crippen LogP contribution is -2.49. The van der Waals surface area contributed by atoms with Gasteiger partial charge < -0.3 is 15.2 Å². The van der Waals surface area contributed by atoms with E-state index in [1.807, 2.05) is 4.90 Å². The van der Waals surface area contributed by atoms with Gasteiger partial charge >= 0.3 is 0 Å². The third-order valence-electron chi connectivity index (χ3n) is 6.75. The van der Waals surface area contributed by atoms with E-state index in [1.165, 1.54) is 25.7 Å². The summed E-state index contributed by atoms with van der Waals surface area (Å²) >= 11 is 0. The van der Waals surface area contributed by atoms with Crippen molar-refractivity contribution in [1.29, 1.82) is 0 Å². The Morgan fingerprint density at radius 2 is 1.92 bits per heavy atom. The van der Waals surface area contributed by atoms with Gasteiger partial charge in [-0.2, -0.15) is 4.98 Å². The Balaban J connectivity index is 0.00000157. The smallest absolute Gasteiger partial charge is 0.229 e. The number of likely N-dealkylation sites (tertiary alicyclic amines) is 1. The first kappa shape index (κ1) is 17.3. The molecule has 5 rings (SSSR count). The predicted molar refractivity (Wildman–Crippen MR) is 94.4 cm³/mol. The van der Waals surface area contributed by atoms with Crippen LogP contribution in [-0.4, -0.2) is 40.1 Å².